The van der Waals surface area contributed by atoms with Crippen molar-refractivity contribution in [3.05, 3.63) is 23.8 Å². The molecule has 4 heteroatoms. The van der Waals surface area contributed by atoms with Crippen molar-refractivity contribution in [2.45, 2.75) is 19.9 Å². The Kier molecular flexibility index (Phi) is 5.68. The second kappa shape index (κ2) is 7.50. The lowest BCUT2D eigenvalue weighted by Gasteiger charge is -2.14. The maximum atomic E-state index is 5.33. The molecule has 1 N–H and O–H groups in total. The second-order valence-electron chi connectivity index (χ2n) is 5.37. The van der Waals surface area contributed by atoms with Crippen molar-refractivity contribution in [2.75, 3.05) is 40.4 Å². The molecule has 0 aliphatic carbocycles. The van der Waals surface area contributed by atoms with Gasteiger partial charge in [-0.2, -0.15) is 0 Å². The Balaban J connectivity index is 1.79. The Labute approximate surface area is 122 Å². The van der Waals surface area contributed by atoms with E-state index >= 15 is 0 Å². The van der Waals surface area contributed by atoms with Crippen molar-refractivity contribution in [2.24, 2.45) is 5.92 Å². The maximum absolute atomic E-state index is 5.33. The molecule has 0 radical (unpaired) electrons. The van der Waals surface area contributed by atoms with Gasteiger partial charge >= 0.3 is 0 Å². The zero-order chi connectivity index (χ0) is 14.4. The molecule has 2 rings (SSSR count). The molecule has 4 nitrogen and oxygen atoms in total. The van der Waals surface area contributed by atoms with Gasteiger partial charge in [0.2, 0.25) is 0 Å². The lowest BCUT2D eigenvalue weighted by atomic mass is 10.1. The molecule has 0 saturated carbocycles. The molecule has 1 heterocycles. The summed E-state index contributed by atoms with van der Waals surface area (Å²) in [5, 5.41) is 3.55. The fourth-order valence-electron chi connectivity index (χ4n) is 2.78. The maximum Gasteiger partial charge on any atom is 0.161 e. The molecule has 20 heavy (non-hydrogen) atoms. The normalized spacial score (nSPS) is 19.2. The summed E-state index contributed by atoms with van der Waals surface area (Å²) in [4.78, 5) is 2.52. The number of benzene rings is 1. The minimum Gasteiger partial charge on any atom is -0.493 e. The van der Waals surface area contributed by atoms with E-state index in [4.69, 9.17) is 9.47 Å². The molecule has 0 spiro atoms. The third-order valence-electron chi connectivity index (χ3n) is 4.03. The average molecular weight is 278 g/mol. The van der Waals surface area contributed by atoms with Crippen molar-refractivity contribution >= 4 is 0 Å². The molecule has 1 unspecified atom stereocenters. The fraction of sp³-hybridized carbons (Fsp3) is 0.625. The van der Waals surface area contributed by atoms with Crippen LogP contribution in [0.4, 0.5) is 0 Å². The van der Waals surface area contributed by atoms with Gasteiger partial charge in [-0.1, -0.05) is 13.0 Å². The van der Waals surface area contributed by atoms with Crippen LogP contribution in [-0.2, 0) is 6.54 Å². The summed E-state index contributed by atoms with van der Waals surface area (Å²) in [6, 6.07) is 6.09. The molecule has 1 atom stereocenters. The minimum atomic E-state index is 0.783. The van der Waals surface area contributed by atoms with Crippen LogP contribution in [0.25, 0.3) is 0 Å². The molecular formula is C16H26N2O2. The van der Waals surface area contributed by atoms with Crippen LogP contribution in [0.3, 0.4) is 0 Å². The predicted molar refractivity (Wildman–Crippen MR) is 81.5 cm³/mol. The zero-order valence-corrected chi connectivity index (χ0v) is 12.8. The summed E-state index contributed by atoms with van der Waals surface area (Å²) in [6.07, 6.45) is 1.31. The Bertz CT molecular complexity index is 423. The van der Waals surface area contributed by atoms with Gasteiger partial charge in [0.25, 0.3) is 0 Å². The first-order valence-electron chi connectivity index (χ1n) is 7.40. The van der Waals surface area contributed by atoms with Gasteiger partial charge in [-0.25, -0.2) is 0 Å². The number of ether oxygens (including phenoxy) is 2. The van der Waals surface area contributed by atoms with E-state index in [9.17, 15) is 0 Å². The highest BCUT2D eigenvalue weighted by molar-refractivity contribution is 5.42. The van der Waals surface area contributed by atoms with E-state index in [1.54, 1.807) is 14.2 Å². The van der Waals surface area contributed by atoms with Gasteiger partial charge in [0.05, 0.1) is 14.2 Å². The van der Waals surface area contributed by atoms with Crippen LogP contribution in [0.15, 0.2) is 18.2 Å². The molecule has 0 bridgehead atoms. The Morgan fingerprint density at radius 3 is 2.70 bits per heavy atom. The number of rotatable bonds is 7. The highest BCUT2D eigenvalue weighted by atomic mass is 16.5. The van der Waals surface area contributed by atoms with Crippen LogP contribution < -0.4 is 14.8 Å². The molecule has 1 aromatic rings. The summed E-state index contributed by atoms with van der Waals surface area (Å²) >= 11 is 0. The molecule has 1 saturated heterocycles. The van der Waals surface area contributed by atoms with E-state index in [-0.39, 0.29) is 0 Å². The number of hydrogen-bond donors (Lipinski definition) is 1. The number of nitrogens with zero attached hydrogens (tertiary/aromatic N) is 1. The quantitative estimate of drug-likeness (QED) is 0.828. The van der Waals surface area contributed by atoms with Crippen LogP contribution in [0.2, 0.25) is 0 Å². The van der Waals surface area contributed by atoms with Crippen LogP contribution in [0.5, 0.6) is 11.5 Å². The summed E-state index contributed by atoms with van der Waals surface area (Å²) in [5.74, 6) is 2.37. The van der Waals surface area contributed by atoms with Gasteiger partial charge in [-0.05, 0) is 49.7 Å². The van der Waals surface area contributed by atoms with Crippen molar-refractivity contribution in [1.82, 2.24) is 10.2 Å². The van der Waals surface area contributed by atoms with Gasteiger partial charge in [0.15, 0.2) is 11.5 Å². The number of methoxy groups -OCH3 is 2. The average Bonchev–Trinajstić information content (AvgIpc) is 2.95. The summed E-state index contributed by atoms with van der Waals surface area (Å²) in [6.45, 7) is 7.86. The van der Waals surface area contributed by atoms with E-state index < -0.39 is 0 Å². The lowest BCUT2D eigenvalue weighted by molar-refractivity contribution is 0.338. The van der Waals surface area contributed by atoms with E-state index in [1.165, 1.54) is 31.6 Å². The lowest BCUT2D eigenvalue weighted by Crippen LogP contribution is -2.26. The standard InChI is InChI=1S/C16H26N2O2/c1-4-18-8-7-14(12-18)11-17-10-13-5-6-15(19-2)16(9-13)20-3/h5-6,9,14,17H,4,7-8,10-12H2,1-3H3. The zero-order valence-electron chi connectivity index (χ0n) is 12.8. The van der Waals surface area contributed by atoms with Crippen molar-refractivity contribution < 1.29 is 9.47 Å². The van der Waals surface area contributed by atoms with Crippen LogP contribution in [0.1, 0.15) is 18.9 Å². The molecule has 1 aliphatic rings. The highest BCUT2D eigenvalue weighted by Gasteiger charge is 2.20. The Morgan fingerprint density at radius 1 is 1.25 bits per heavy atom. The molecule has 1 aromatic carbocycles. The predicted octanol–water partition coefficient (Wildman–Crippen LogP) is 2.14. The molecular weight excluding hydrogens is 252 g/mol. The van der Waals surface area contributed by atoms with Crippen LogP contribution >= 0.6 is 0 Å². The van der Waals surface area contributed by atoms with E-state index in [2.05, 4.69) is 23.2 Å². The fourth-order valence-corrected chi connectivity index (χ4v) is 2.78. The number of likely N-dealkylation sites (tertiary alicyclic amines) is 1. The number of nitrogens with one attached hydrogen (secondary N) is 1. The summed E-state index contributed by atoms with van der Waals surface area (Å²) in [7, 11) is 3.34. The molecule has 0 aromatic heterocycles. The molecule has 1 aliphatic heterocycles. The summed E-state index contributed by atoms with van der Waals surface area (Å²) < 4.78 is 10.6. The summed E-state index contributed by atoms with van der Waals surface area (Å²) in [5.41, 5.74) is 1.23. The van der Waals surface area contributed by atoms with Gasteiger partial charge in [-0.15, -0.1) is 0 Å². The number of hydrogen-bond acceptors (Lipinski definition) is 4. The third kappa shape index (κ3) is 3.87. The molecule has 1 fully saturated rings. The SMILES string of the molecule is CCN1CCC(CNCc2ccc(OC)c(OC)c2)C1. The van der Waals surface area contributed by atoms with E-state index in [0.717, 1.165) is 30.5 Å². The Morgan fingerprint density at radius 2 is 2.05 bits per heavy atom. The van der Waals surface area contributed by atoms with Gasteiger partial charge in [0, 0.05) is 13.1 Å². The van der Waals surface area contributed by atoms with Gasteiger partial charge < -0.3 is 19.7 Å². The first-order chi connectivity index (χ1) is 9.76. The van der Waals surface area contributed by atoms with E-state index in [0.29, 0.717) is 0 Å². The van der Waals surface area contributed by atoms with Crippen LogP contribution in [-0.4, -0.2) is 45.3 Å². The highest BCUT2D eigenvalue weighted by Crippen LogP contribution is 2.27. The third-order valence-corrected chi connectivity index (χ3v) is 4.03. The largest absolute Gasteiger partial charge is 0.493 e. The van der Waals surface area contributed by atoms with Crippen molar-refractivity contribution in [3.8, 4) is 11.5 Å². The van der Waals surface area contributed by atoms with Crippen molar-refractivity contribution in [1.29, 1.82) is 0 Å². The van der Waals surface area contributed by atoms with Crippen LogP contribution in [0, 0.1) is 5.92 Å². The first-order valence-corrected chi connectivity index (χ1v) is 7.40. The first kappa shape index (κ1) is 15.1. The minimum absolute atomic E-state index is 0.783. The second-order valence-corrected chi connectivity index (χ2v) is 5.37. The van der Waals surface area contributed by atoms with Gasteiger partial charge in [-0.3, -0.25) is 0 Å². The van der Waals surface area contributed by atoms with Crippen molar-refractivity contribution in [3.63, 3.8) is 0 Å². The topological polar surface area (TPSA) is 33.7 Å². The molecule has 0 amide bonds. The smallest absolute Gasteiger partial charge is 0.161 e. The van der Waals surface area contributed by atoms with Gasteiger partial charge in [0.1, 0.15) is 0 Å². The monoisotopic (exact) mass is 278 g/mol. The Hall–Kier alpha value is -1.26. The van der Waals surface area contributed by atoms with E-state index in [1.807, 2.05) is 12.1 Å². The molecule has 112 valence electrons.